The third-order valence-electron chi connectivity index (χ3n) is 4.71. The first-order chi connectivity index (χ1) is 14.7. The third kappa shape index (κ3) is 5.78. The maximum absolute atomic E-state index is 12.7. The Hall–Kier alpha value is -3.01. The highest BCUT2D eigenvalue weighted by atomic mass is 32.2. The molecule has 2 N–H and O–H groups in total. The zero-order valence-corrected chi connectivity index (χ0v) is 17.2. The Morgan fingerprint density at radius 2 is 1.81 bits per heavy atom. The molecule has 2 aromatic rings. The lowest BCUT2D eigenvalue weighted by molar-refractivity contribution is -0.137. The lowest BCUT2D eigenvalue weighted by Gasteiger charge is -2.12. The number of carbonyl (C=O) groups is 3. The van der Waals surface area contributed by atoms with Crippen molar-refractivity contribution in [3.8, 4) is 5.75 Å². The molecule has 2 aromatic carbocycles. The Morgan fingerprint density at radius 3 is 2.39 bits per heavy atom. The van der Waals surface area contributed by atoms with Crippen LogP contribution in [0.5, 0.6) is 5.75 Å². The molecule has 164 valence electrons. The molecule has 0 spiro atoms. The fourth-order valence-corrected chi connectivity index (χ4v) is 3.88. The van der Waals surface area contributed by atoms with Crippen LogP contribution < -0.4 is 15.4 Å². The van der Waals surface area contributed by atoms with Crippen molar-refractivity contribution in [3.05, 3.63) is 64.7 Å². The van der Waals surface area contributed by atoms with E-state index in [1.165, 1.54) is 19.2 Å². The second-order valence-corrected chi connectivity index (χ2v) is 8.01. The van der Waals surface area contributed by atoms with Crippen LogP contribution in [0.4, 0.5) is 18.0 Å². The summed E-state index contributed by atoms with van der Waals surface area (Å²) in [5.74, 6) is -0.420. The maximum atomic E-state index is 12.7. The van der Waals surface area contributed by atoms with Gasteiger partial charge in [-0.25, -0.2) is 0 Å². The van der Waals surface area contributed by atoms with Crippen LogP contribution in [0.1, 0.15) is 33.5 Å². The maximum Gasteiger partial charge on any atom is 0.416 e. The molecule has 1 atom stereocenters. The van der Waals surface area contributed by atoms with E-state index in [-0.39, 0.29) is 23.3 Å². The van der Waals surface area contributed by atoms with E-state index in [2.05, 4.69) is 10.6 Å². The van der Waals surface area contributed by atoms with Crippen LogP contribution in [0.2, 0.25) is 0 Å². The number of imide groups is 1. The van der Waals surface area contributed by atoms with Crippen LogP contribution in [0.15, 0.2) is 42.5 Å². The fourth-order valence-electron chi connectivity index (χ4n) is 3.06. The summed E-state index contributed by atoms with van der Waals surface area (Å²) < 4.78 is 43.2. The van der Waals surface area contributed by atoms with Gasteiger partial charge in [-0.05, 0) is 48.2 Å². The van der Waals surface area contributed by atoms with Gasteiger partial charge in [0.2, 0.25) is 5.91 Å². The molecule has 1 aliphatic heterocycles. The molecule has 10 heteroatoms. The zero-order chi connectivity index (χ0) is 22.6. The van der Waals surface area contributed by atoms with Gasteiger partial charge in [-0.15, -0.1) is 0 Å². The number of rotatable bonds is 7. The Kier molecular flexibility index (Phi) is 6.89. The van der Waals surface area contributed by atoms with Gasteiger partial charge < -0.3 is 10.1 Å². The topological polar surface area (TPSA) is 84.5 Å². The number of carbonyl (C=O) groups excluding carboxylic acids is 3. The van der Waals surface area contributed by atoms with Gasteiger partial charge >= 0.3 is 6.18 Å². The summed E-state index contributed by atoms with van der Waals surface area (Å²) in [6, 6.07) is 9.58. The van der Waals surface area contributed by atoms with E-state index in [9.17, 15) is 27.6 Å². The van der Waals surface area contributed by atoms with E-state index in [1.54, 1.807) is 18.2 Å². The monoisotopic (exact) mass is 452 g/mol. The molecular weight excluding hydrogens is 433 g/mol. The number of alkyl halides is 3. The van der Waals surface area contributed by atoms with Crippen LogP contribution in [-0.4, -0.2) is 29.4 Å². The Labute approximate surface area is 180 Å². The molecule has 3 amide bonds. The number of methoxy groups -OCH3 is 1. The van der Waals surface area contributed by atoms with Crippen LogP contribution in [0.3, 0.4) is 0 Å². The smallest absolute Gasteiger partial charge is 0.416 e. The van der Waals surface area contributed by atoms with Crippen molar-refractivity contribution in [1.82, 2.24) is 10.6 Å². The molecule has 0 bridgehead atoms. The van der Waals surface area contributed by atoms with E-state index in [1.807, 2.05) is 0 Å². The van der Waals surface area contributed by atoms with Crippen molar-refractivity contribution in [2.45, 2.75) is 30.8 Å². The van der Waals surface area contributed by atoms with E-state index < -0.39 is 22.9 Å². The van der Waals surface area contributed by atoms with Gasteiger partial charge in [-0.3, -0.25) is 19.7 Å². The lowest BCUT2D eigenvalue weighted by atomic mass is 10.0. The SMILES string of the molecule is COc1ccc(CCC2SC(=O)NC2=O)cc1C(=O)NCc1ccc(C(F)(F)F)cc1. The second kappa shape index (κ2) is 9.42. The highest BCUT2D eigenvalue weighted by Gasteiger charge is 2.31. The Bertz CT molecular complexity index is 993. The molecule has 0 radical (unpaired) electrons. The largest absolute Gasteiger partial charge is 0.496 e. The van der Waals surface area contributed by atoms with E-state index in [0.29, 0.717) is 24.2 Å². The number of hydrogen-bond donors (Lipinski definition) is 2. The summed E-state index contributed by atoms with van der Waals surface area (Å²) in [5, 5.41) is 4.07. The van der Waals surface area contributed by atoms with Gasteiger partial charge in [0.05, 0.1) is 23.5 Å². The number of ether oxygens (including phenoxy) is 1. The molecule has 1 fully saturated rings. The second-order valence-electron chi connectivity index (χ2n) is 6.83. The third-order valence-corrected chi connectivity index (χ3v) is 5.76. The normalized spacial score (nSPS) is 16.2. The summed E-state index contributed by atoms with van der Waals surface area (Å²) in [7, 11) is 1.42. The average molecular weight is 452 g/mol. The average Bonchev–Trinajstić information content (AvgIpc) is 3.06. The molecule has 31 heavy (non-hydrogen) atoms. The number of amides is 3. The van der Waals surface area contributed by atoms with Gasteiger partial charge in [0.25, 0.3) is 11.1 Å². The molecule has 1 aliphatic rings. The molecule has 3 rings (SSSR count). The van der Waals surface area contributed by atoms with Crippen LogP contribution >= 0.6 is 11.8 Å². The van der Waals surface area contributed by atoms with Gasteiger partial charge in [-0.1, -0.05) is 30.0 Å². The number of benzene rings is 2. The summed E-state index contributed by atoms with van der Waals surface area (Å²) in [6.45, 7) is 0.0470. The summed E-state index contributed by atoms with van der Waals surface area (Å²) >= 11 is 0.945. The zero-order valence-electron chi connectivity index (χ0n) is 16.4. The van der Waals surface area contributed by atoms with Crippen molar-refractivity contribution in [3.63, 3.8) is 0 Å². The molecule has 0 aliphatic carbocycles. The van der Waals surface area contributed by atoms with Gasteiger partial charge in [0, 0.05) is 6.54 Å². The summed E-state index contributed by atoms with van der Waals surface area (Å²) in [5.41, 5.74) is 0.818. The van der Waals surface area contributed by atoms with Gasteiger partial charge in [0.1, 0.15) is 5.75 Å². The number of aryl methyl sites for hydroxylation is 1. The lowest BCUT2D eigenvalue weighted by Crippen LogP contribution is -2.24. The molecule has 0 aromatic heterocycles. The number of halogens is 3. The minimum atomic E-state index is -4.42. The molecule has 0 saturated carbocycles. The Balaban J connectivity index is 1.64. The molecule has 1 heterocycles. The minimum Gasteiger partial charge on any atom is -0.496 e. The Morgan fingerprint density at radius 1 is 1.13 bits per heavy atom. The summed E-state index contributed by atoms with van der Waals surface area (Å²) in [6.07, 6.45) is -3.51. The van der Waals surface area contributed by atoms with Crippen molar-refractivity contribution >= 4 is 28.8 Å². The number of nitrogens with one attached hydrogen (secondary N) is 2. The van der Waals surface area contributed by atoms with Crippen LogP contribution in [0.25, 0.3) is 0 Å². The minimum absolute atomic E-state index is 0.0470. The quantitative estimate of drug-likeness (QED) is 0.665. The molecule has 1 saturated heterocycles. The summed E-state index contributed by atoms with van der Waals surface area (Å²) in [4.78, 5) is 35.6. The van der Waals surface area contributed by atoms with Crippen molar-refractivity contribution in [1.29, 1.82) is 0 Å². The molecule has 1 unspecified atom stereocenters. The van der Waals surface area contributed by atoms with Crippen molar-refractivity contribution < 1.29 is 32.3 Å². The predicted molar refractivity (Wildman–Crippen MR) is 109 cm³/mol. The van der Waals surface area contributed by atoms with Crippen LogP contribution in [0, 0.1) is 0 Å². The van der Waals surface area contributed by atoms with Crippen molar-refractivity contribution in [2.75, 3.05) is 7.11 Å². The number of hydrogen-bond acceptors (Lipinski definition) is 5. The predicted octanol–water partition coefficient (Wildman–Crippen LogP) is 3.93. The highest BCUT2D eigenvalue weighted by Crippen LogP contribution is 2.29. The van der Waals surface area contributed by atoms with Crippen molar-refractivity contribution in [2.24, 2.45) is 0 Å². The first-order valence-corrected chi connectivity index (χ1v) is 10.2. The fraction of sp³-hybridized carbons (Fsp3) is 0.286. The first kappa shape index (κ1) is 22.7. The standard InChI is InChI=1S/C21H19F3N2O4S/c1-30-16-8-4-12(5-9-17-19(28)26-20(29)31-17)10-15(16)18(27)25-11-13-2-6-14(7-3-13)21(22,23)24/h2-4,6-8,10,17H,5,9,11H2,1H3,(H,25,27)(H,26,28,29). The molecular formula is C21H19F3N2O4S. The number of thioether (sulfide) groups is 1. The van der Waals surface area contributed by atoms with Gasteiger partial charge in [0.15, 0.2) is 0 Å². The molecule has 6 nitrogen and oxygen atoms in total. The van der Waals surface area contributed by atoms with Gasteiger partial charge in [-0.2, -0.15) is 13.2 Å². The first-order valence-electron chi connectivity index (χ1n) is 9.30. The van der Waals surface area contributed by atoms with E-state index in [0.717, 1.165) is 29.5 Å². The van der Waals surface area contributed by atoms with E-state index in [4.69, 9.17) is 4.74 Å². The highest BCUT2D eigenvalue weighted by molar-refractivity contribution is 8.15. The van der Waals surface area contributed by atoms with E-state index >= 15 is 0 Å². The van der Waals surface area contributed by atoms with Crippen LogP contribution in [-0.2, 0) is 23.9 Å².